The van der Waals surface area contributed by atoms with Gasteiger partial charge in [-0.3, -0.25) is 0 Å². The summed E-state index contributed by atoms with van der Waals surface area (Å²) in [6.07, 6.45) is 0. The first-order chi connectivity index (χ1) is 30.0. The van der Waals surface area contributed by atoms with Crippen LogP contribution in [-0.4, -0.2) is 11.9 Å². The van der Waals surface area contributed by atoms with Crippen LogP contribution in [0.3, 0.4) is 0 Å². The fourth-order valence-electron chi connectivity index (χ4n) is 9.61. The molecular weight excluding hydrogens is 799 g/mol. The van der Waals surface area contributed by atoms with Crippen LogP contribution in [0.5, 0.6) is 0 Å². The van der Waals surface area contributed by atoms with E-state index >= 15 is 0 Å². The van der Waals surface area contributed by atoms with E-state index in [1.54, 1.807) is 0 Å². The molecule has 8 aromatic rings. The fourth-order valence-corrected chi connectivity index (χ4v) is 22.2. The van der Waals surface area contributed by atoms with Gasteiger partial charge in [0.2, 0.25) is 0 Å². The first kappa shape index (κ1) is 43.6. The second kappa shape index (κ2) is 17.9. The van der Waals surface area contributed by atoms with Gasteiger partial charge in [0, 0.05) is 0 Å². The monoisotopic (exact) mass is 852 g/mol. The minimum absolute atomic E-state index is 0.286. The zero-order valence-electron chi connectivity index (χ0n) is 36.3. The van der Waals surface area contributed by atoms with Crippen molar-refractivity contribution in [3.8, 4) is 0 Å². The van der Waals surface area contributed by atoms with Crippen molar-refractivity contribution in [2.24, 2.45) is 0 Å². The quantitative estimate of drug-likeness (QED) is 0.129. The minimum atomic E-state index is -3.98. The topological polar surface area (TPSA) is 52.6 Å². The van der Waals surface area contributed by atoms with Crippen molar-refractivity contribution in [3.63, 3.8) is 0 Å². The van der Waals surface area contributed by atoms with Crippen molar-refractivity contribution in [2.45, 2.75) is 41.5 Å². The number of benzene rings is 8. The number of rotatable bonds is 10. The molecule has 0 saturated heterocycles. The van der Waals surface area contributed by atoms with Crippen molar-refractivity contribution in [2.75, 3.05) is 0 Å². The zero-order valence-corrected chi connectivity index (χ0v) is 38.1. The molecule has 0 N–H and O–H groups in total. The standard InChI is InChI=1S/C30H31O2P.C26H23O2P/c1-22-14-6-10-18-27(22)33(32-26(5)31,28-19-11-7-15-23(28)2,29-20-12-8-16-24(29)3)30-21-13-9-17-25(30)4;1-22(27)28-29(23-14-6-2-7-15-23,24-16-8-3-9-17-24,25-18-10-4-11-19-25)26-20-12-5-13-21-26/h6-21H,1-5H3;2-21H,1H3. The van der Waals surface area contributed by atoms with Gasteiger partial charge in [-0.2, -0.15) is 0 Å². The van der Waals surface area contributed by atoms with Gasteiger partial charge >= 0.3 is 369 Å². The van der Waals surface area contributed by atoms with Gasteiger partial charge in [-0.05, 0) is 0 Å². The number of aryl methyl sites for hydroxylation is 4. The summed E-state index contributed by atoms with van der Waals surface area (Å²) in [5.41, 5.74) is 4.41. The summed E-state index contributed by atoms with van der Waals surface area (Å²) in [4.78, 5) is 26.0. The summed E-state index contributed by atoms with van der Waals surface area (Å²) in [5.74, 6) is -0.589. The molecule has 0 saturated carbocycles. The van der Waals surface area contributed by atoms with E-state index in [4.69, 9.17) is 9.05 Å². The molecule has 0 aliphatic carbocycles. The first-order valence-corrected chi connectivity index (χ1v) is 25.2. The van der Waals surface area contributed by atoms with Crippen LogP contribution in [-0.2, 0) is 18.6 Å². The second-order valence-corrected chi connectivity index (χ2v) is 24.2. The predicted octanol–water partition coefficient (Wildman–Crippen LogP) is 9.87. The summed E-state index contributed by atoms with van der Waals surface area (Å²) in [5, 5.41) is 8.26. The summed E-state index contributed by atoms with van der Waals surface area (Å²) >= 11 is 0. The third kappa shape index (κ3) is 6.98. The fraction of sp³-hybridized carbons (Fsp3) is 0.107. The molecule has 0 radical (unpaired) electrons. The maximum atomic E-state index is 13.2. The number of hydrogen-bond donors (Lipinski definition) is 0. The molecule has 0 heterocycles. The average Bonchev–Trinajstić information content (AvgIpc) is 3.30. The van der Waals surface area contributed by atoms with Gasteiger partial charge in [0.25, 0.3) is 0 Å². The van der Waals surface area contributed by atoms with Crippen LogP contribution in [0.1, 0.15) is 36.1 Å². The summed E-state index contributed by atoms with van der Waals surface area (Å²) in [6.45, 7) is 3.75. The van der Waals surface area contributed by atoms with Crippen LogP contribution in [0.2, 0.25) is 0 Å². The molecule has 8 aromatic carbocycles. The van der Waals surface area contributed by atoms with E-state index in [-0.39, 0.29) is 11.9 Å². The predicted molar refractivity (Wildman–Crippen MR) is 265 cm³/mol. The Labute approximate surface area is 367 Å². The van der Waals surface area contributed by atoms with E-state index in [1.165, 1.54) is 13.8 Å². The third-order valence-electron chi connectivity index (χ3n) is 11.9. The van der Waals surface area contributed by atoms with Crippen molar-refractivity contribution < 1.29 is 18.6 Å². The van der Waals surface area contributed by atoms with Gasteiger partial charge in [0.15, 0.2) is 0 Å². The van der Waals surface area contributed by atoms with Crippen LogP contribution >= 0.6 is 13.7 Å². The SMILES string of the molecule is CC(=O)OP(c1ccccc1)(c1ccccc1)(c1ccccc1)c1ccccc1.CC(=O)OP(c1ccccc1C)(c1ccccc1C)(c1ccccc1C)c1ccccc1C. The van der Waals surface area contributed by atoms with E-state index in [0.717, 1.165) is 64.7 Å². The number of carbonyl (C=O) groups is 2. The van der Waals surface area contributed by atoms with E-state index in [1.807, 2.05) is 97.1 Å². The Morgan fingerprint density at radius 2 is 0.484 bits per heavy atom. The molecule has 0 aliphatic heterocycles. The molecule has 0 unspecified atom stereocenters. The van der Waals surface area contributed by atoms with E-state index in [0.29, 0.717) is 0 Å². The molecule has 0 aromatic heterocycles. The van der Waals surface area contributed by atoms with Gasteiger partial charge in [0.05, 0.1) is 0 Å². The molecule has 312 valence electrons. The van der Waals surface area contributed by atoms with Gasteiger partial charge in [-0.15, -0.1) is 0 Å². The van der Waals surface area contributed by atoms with Gasteiger partial charge in [0.1, 0.15) is 0 Å². The third-order valence-corrected chi connectivity index (χ3v) is 24.0. The molecule has 0 amide bonds. The Kier molecular flexibility index (Phi) is 12.6. The van der Waals surface area contributed by atoms with Crippen LogP contribution in [0.25, 0.3) is 0 Å². The van der Waals surface area contributed by atoms with Crippen LogP contribution in [0.4, 0.5) is 0 Å². The Balaban J connectivity index is 0.000000188. The van der Waals surface area contributed by atoms with E-state index in [2.05, 4.69) is 149 Å². The van der Waals surface area contributed by atoms with Crippen LogP contribution < -0.4 is 42.4 Å². The second-order valence-electron chi connectivity index (χ2n) is 15.7. The zero-order chi connectivity index (χ0) is 43.8. The molecule has 0 bridgehead atoms. The molecule has 62 heavy (non-hydrogen) atoms. The first-order valence-electron chi connectivity index (χ1n) is 20.9. The van der Waals surface area contributed by atoms with Gasteiger partial charge in [-0.1, -0.05) is 0 Å². The molecule has 6 heteroatoms. The number of carbonyl (C=O) groups excluding carboxylic acids is 2. The van der Waals surface area contributed by atoms with Crippen LogP contribution in [0.15, 0.2) is 218 Å². The van der Waals surface area contributed by atoms with E-state index in [9.17, 15) is 9.59 Å². The Morgan fingerprint density at radius 1 is 0.290 bits per heavy atom. The molecule has 8 rings (SSSR count). The Hall–Kier alpha value is -6.44. The van der Waals surface area contributed by atoms with E-state index < -0.39 is 13.7 Å². The van der Waals surface area contributed by atoms with Gasteiger partial charge in [-0.25, -0.2) is 0 Å². The van der Waals surface area contributed by atoms with Crippen molar-refractivity contribution in [3.05, 3.63) is 241 Å². The molecular formula is C56H54O4P2. The number of hydrogen-bond acceptors (Lipinski definition) is 4. The Morgan fingerprint density at radius 3 is 0.694 bits per heavy atom. The summed E-state index contributed by atoms with van der Waals surface area (Å²) < 4.78 is 13.6. The molecule has 0 spiro atoms. The molecule has 0 fully saturated rings. The Bertz CT molecular complexity index is 2460. The van der Waals surface area contributed by atoms with Crippen LogP contribution in [0, 0.1) is 27.7 Å². The van der Waals surface area contributed by atoms with Crippen molar-refractivity contribution in [1.29, 1.82) is 0 Å². The summed E-state index contributed by atoms with van der Waals surface area (Å²) in [7, 11) is 0. The summed E-state index contributed by atoms with van der Waals surface area (Å²) in [6, 6.07) is 74.2. The van der Waals surface area contributed by atoms with Crippen molar-refractivity contribution in [1.82, 2.24) is 0 Å². The molecule has 4 nitrogen and oxygen atoms in total. The van der Waals surface area contributed by atoms with Gasteiger partial charge < -0.3 is 0 Å². The normalized spacial score (nSPS) is 12.5. The van der Waals surface area contributed by atoms with Crippen molar-refractivity contribution >= 4 is 68.0 Å². The molecule has 0 aliphatic rings. The maximum absolute atomic E-state index is 13.2. The molecule has 0 atom stereocenters. The average molecular weight is 853 g/mol.